The molecule has 0 bridgehead atoms. The van der Waals surface area contributed by atoms with Crippen molar-refractivity contribution in [1.82, 2.24) is 0 Å². The van der Waals surface area contributed by atoms with Gasteiger partial charge in [0.1, 0.15) is 5.76 Å². The Balaban J connectivity index is 2.45. The van der Waals surface area contributed by atoms with Gasteiger partial charge < -0.3 is 4.42 Å². The molecule has 1 nitrogen and oxygen atoms in total. The third-order valence-electron chi connectivity index (χ3n) is 3.75. The molecule has 1 aliphatic rings. The van der Waals surface area contributed by atoms with Gasteiger partial charge in [-0.2, -0.15) is 0 Å². The van der Waals surface area contributed by atoms with Gasteiger partial charge in [-0.05, 0) is 35.8 Å². The van der Waals surface area contributed by atoms with Crippen molar-refractivity contribution in [3.8, 4) is 0 Å². The quantitative estimate of drug-likeness (QED) is 0.667. The Labute approximate surface area is 91.5 Å². The second kappa shape index (κ2) is 3.41. The van der Waals surface area contributed by atoms with Crippen LogP contribution in [0.4, 0.5) is 0 Å². The number of hydrogen-bond donors (Lipinski definition) is 0. The lowest BCUT2D eigenvalue weighted by Gasteiger charge is -2.37. The third-order valence-corrected chi connectivity index (χ3v) is 3.75. The van der Waals surface area contributed by atoms with Crippen LogP contribution in [-0.2, 0) is 12.8 Å². The fourth-order valence-corrected chi connectivity index (χ4v) is 2.45. The Morgan fingerprint density at radius 2 is 2.27 bits per heavy atom. The van der Waals surface area contributed by atoms with E-state index in [1.807, 2.05) is 12.3 Å². The van der Waals surface area contributed by atoms with E-state index in [0.717, 1.165) is 18.6 Å². The lowest BCUT2D eigenvalue weighted by Crippen LogP contribution is -2.32. The molecule has 0 aliphatic heterocycles. The number of rotatable bonds is 2. The Kier molecular flexibility index (Phi) is 2.34. The Hall–Kier alpha value is -1.24. The molecule has 0 aromatic carbocycles. The molecule has 0 saturated carbocycles. The summed E-state index contributed by atoms with van der Waals surface area (Å²) in [5.41, 5.74) is 2.76. The zero-order valence-corrected chi connectivity index (χ0v) is 9.55. The fraction of sp³-hybridized carbons (Fsp3) is 0.429. The van der Waals surface area contributed by atoms with Gasteiger partial charge in [-0.15, -0.1) is 13.2 Å². The highest BCUT2D eigenvalue weighted by molar-refractivity contribution is 5.33. The minimum atomic E-state index is 0.128. The minimum absolute atomic E-state index is 0.128. The van der Waals surface area contributed by atoms with Crippen LogP contribution in [0.1, 0.15) is 23.8 Å². The molecule has 2 atom stereocenters. The lowest BCUT2D eigenvalue weighted by atomic mass is 9.67. The Morgan fingerprint density at radius 1 is 1.53 bits per heavy atom. The van der Waals surface area contributed by atoms with Gasteiger partial charge >= 0.3 is 0 Å². The fourth-order valence-electron chi connectivity index (χ4n) is 2.45. The van der Waals surface area contributed by atoms with E-state index in [2.05, 4.69) is 33.1 Å². The van der Waals surface area contributed by atoms with Gasteiger partial charge in [-0.25, -0.2) is 0 Å². The van der Waals surface area contributed by atoms with E-state index in [0.29, 0.717) is 5.92 Å². The summed E-state index contributed by atoms with van der Waals surface area (Å²) in [7, 11) is 0. The van der Waals surface area contributed by atoms with E-state index in [1.54, 1.807) is 0 Å². The summed E-state index contributed by atoms with van der Waals surface area (Å²) < 4.78 is 5.57. The number of allylic oxidation sites excluding steroid dienone is 2. The van der Waals surface area contributed by atoms with Crippen molar-refractivity contribution in [1.29, 1.82) is 0 Å². The molecule has 0 radical (unpaired) electrons. The number of hydrogen-bond acceptors (Lipinski definition) is 1. The predicted molar refractivity (Wildman–Crippen MR) is 62.8 cm³/mol. The zero-order chi connectivity index (χ0) is 11.1. The van der Waals surface area contributed by atoms with E-state index >= 15 is 0 Å². The van der Waals surface area contributed by atoms with Crippen molar-refractivity contribution in [2.24, 2.45) is 11.3 Å². The van der Waals surface area contributed by atoms with Crippen molar-refractivity contribution in [3.05, 3.63) is 48.5 Å². The molecule has 0 fully saturated rings. The normalized spacial score (nSPS) is 29.6. The molecule has 0 spiro atoms. The van der Waals surface area contributed by atoms with E-state index in [4.69, 9.17) is 4.42 Å². The van der Waals surface area contributed by atoms with Gasteiger partial charge in [0, 0.05) is 6.42 Å². The zero-order valence-electron chi connectivity index (χ0n) is 9.55. The summed E-state index contributed by atoms with van der Waals surface area (Å²) in [6.45, 7) is 12.2. The maximum absolute atomic E-state index is 5.57. The van der Waals surface area contributed by atoms with Crippen LogP contribution in [0.3, 0.4) is 0 Å². The predicted octanol–water partition coefficient (Wildman–Crippen LogP) is 3.68. The highest BCUT2D eigenvalue weighted by Gasteiger charge is 2.36. The van der Waals surface area contributed by atoms with Crippen LogP contribution in [0.5, 0.6) is 0 Å². The Bertz CT molecular complexity index is 399. The van der Waals surface area contributed by atoms with Crippen molar-refractivity contribution >= 4 is 0 Å². The molecular weight excluding hydrogens is 184 g/mol. The molecule has 2 rings (SSSR count). The molecule has 1 aromatic heterocycles. The van der Waals surface area contributed by atoms with Gasteiger partial charge in [0.05, 0.1) is 6.26 Å². The molecule has 0 amide bonds. The second-order valence-electron chi connectivity index (χ2n) is 4.75. The van der Waals surface area contributed by atoms with Crippen LogP contribution >= 0.6 is 0 Å². The first-order valence-corrected chi connectivity index (χ1v) is 5.42. The average Bonchev–Trinajstić information content (AvgIpc) is 2.59. The molecule has 15 heavy (non-hydrogen) atoms. The first-order chi connectivity index (χ1) is 7.10. The third kappa shape index (κ3) is 1.46. The molecule has 1 heteroatoms. The highest BCUT2D eigenvalue weighted by atomic mass is 16.3. The first-order valence-electron chi connectivity index (χ1n) is 5.42. The van der Waals surface area contributed by atoms with Crippen LogP contribution in [0.2, 0.25) is 0 Å². The maximum atomic E-state index is 5.57. The summed E-state index contributed by atoms with van der Waals surface area (Å²) in [5.74, 6) is 1.57. The van der Waals surface area contributed by atoms with E-state index in [1.165, 1.54) is 11.1 Å². The topological polar surface area (TPSA) is 13.1 Å². The monoisotopic (exact) mass is 202 g/mol. The minimum Gasteiger partial charge on any atom is -0.469 e. The van der Waals surface area contributed by atoms with Crippen LogP contribution in [0.25, 0.3) is 0 Å². The highest BCUT2D eigenvalue weighted by Crippen LogP contribution is 2.42. The summed E-state index contributed by atoms with van der Waals surface area (Å²) in [4.78, 5) is 0. The van der Waals surface area contributed by atoms with Crippen LogP contribution in [-0.4, -0.2) is 0 Å². The van der Waals surface area contributed by atoms with E-state index in [-0.39, 0.29) is 5.41 Å². The number of fused-ring (bicyclic) bond motifs is 1. The second-order valence-corrected chi connectivity index (χ2v) is 4.75. The summed E-state index contributed by atoms with van der Waals surface area (Å²) in [5, 5.41) is 0. The number of aryl methyl sites for hydroxylation is 1. The van der Waals surface area contributed by atoms with Gasteiger partial charge in [0.2, 0.25) is 0 Å². The summed E-state index contributed by atoms with van der Waals surface area (Å²) in [6.07, 6.45) is 7.93. The largest absolute Gasteiger partial charge is 0.469 e. The van der Waals surface area contributed by atoms with Gasteiger partial charge in [0.25, 0.3) is 0 Å². The van der Waals surface area contributed by atoms with Gasteiger partial charge in [-0.3, -0.25) is 0 Å². The van der Waals surface area contributed by atoms with Crippen molar-refractivity contribution in [3.63, 3.8) is 0 Å². The first kappa shape index (κ1) is 10.3. The number of furan rings is 1. The van der Waals surface area contributed by atoms with Crippen molar-refractivity contribution in [2.45, 2.75) is 26.7 Å². The molecule has 1 heterocycles. The molecule has 0 N–H and O–H groups in total. The smallest absolute Gasteiger partial charge is 0.107 e. The Morgan fingerprint density at radius 3 is 2.87 bits per heavy atom. The van der Waals surface area contributed by atoms with E-state index < -0.39 is 0 Å². The molecule has 80 valence electrons. The summed E-state index contributed by atoms with van der Waals surface area (Å²) in [6, 6.07) is 0. The average molecular weight is 202 g/mol. The van der Waals surface area contributed by atoms with Crippen LogP contribution < -0.4 is 0 Å². The molecular formula is C14H18O. The maximum Gasteiger partial charge on any atom is 0.107 e. The standard InChI is InChI=1S/C14H18O/c1-5-11-7-13-12(10(3)9-15-13)8-14(11,4)6-2/h5-6,9,11H,1-2,7-8H2,3-4H3/t11-,14-/m0/s1. The molecule has 0 unspecified atom stereocenters. The van der Waals surface area contributed by atoms with Crippen LogP contribution in [0, 0.1) is 18.3 Å². The molecule has 1 aromatic rings. The summed E-state index contributed by atoms with van der Waals surface area (Å²) >= 11 is 0. The van der Waals surface area contributed by atoms with Gasteiger partial charge in [0.15, 0.2) is 0 Å². The van der Waals surface area contributed by atoms with Crippen molar-refractivity contribution in [2.75, 3.05) is 0 Å². The van der Waals surface area contributed by atoms with E-state index in [9.17, 15) is 0 Å². The van der Waals surface area contributed by atoms with Gasteiger partial charge in [-0.1, -0.05) is 19.1 Å². The molecule has 0 saturated heterocycles. The van der Waals surface area contributed by atoms with Crippen LogP contribution in [0.15, 0.2) is 36.0 Å². The molecule has 1 aliphatic carbocycles. The lowest BCUT2D eigenvalue weighted by molar-refractivity contribution is 0.264. The SMILES string of the molecule is C=C[C@H]1Cc2occ(C)c2C[C@]1(C)C=C. The van der Waals surface area contributed by atoms with Crippen molar-refractivity contribution < 1.29 is 4.42 Å².